The molecule has 1 aliphatic carbocycles. The van der Waals surface area contributed by atoms with Crippen LogP contribution in [0.4, 0.5) is 0 Å². The Balaban J connectivity index is 1.57. The van der Waals surface area contributed by atoms with Gasteiger partial charge in [0.1, 0.15) is 0 Å². The molecule has 19 heavy (non-hydrogen) atoms. The third kappa shape index (κ3) is 2.84. The summed E-state index contributed by atoms with van der Waals surface area (Å²) in [6.45, 7) is 5.23. The summed E-state index contributed by atoms with van der Waals surface area (Å²) in [5, 5.41) is 3.97. The van der Waals surface area contributed by atoms with Crippen molar-refractivity contribution in [3.63, 3.8) is 0 Å². The molecule has 2 heterocycles. The molecule has 1 N–H and O–H groups in total. The van der Waals surface area contributed by atoms with Crippen LogP contribution < -0.4 is 5.32 Å². The number of nitrogens with one attached hydrogen (secondary N) is 1. The van der Waals surface area contributed by atoms with Crippen LogP contribution in [-0.4, -0.2) is 61.7 Å². The van der Waals surface area contributed by atoms with Crippen molar-refractivity contribution in [2.24, 2.45) is 5.92 Å². The van der Waals surface area contributed by atoms with E-state index < -0.39 is 0 Å². The van der Waals surface area contributed by atoms with Gasteiger partial charge in [0.15, 0.2) is 0 Å². The van der Waals surface area contributed by atoms with Gasteiger partial charge < -0.3 is 15.1 Å². The molecule has 0 amide bonds. The molecule has 3 nitrogen and oxygen atoms in total. The fraction of sp³-hybridized carbons (Fsp3) is 1.00. The maximum Gasteiger partial charge on any atom is 0.0327 e. The van der Waals surface area contributed by atoms with Gasteiger partial charge in [-0.15, -0.1) is 0 Å². The highest BCUT2D eigenvalue weighted by molar-refractivity contribution is 4.96. The predicted molar refractivity (Wildman–Crippen MR) is 80.5 cm³/mol. The summed E-state index contributed by atoms with van der Waals surface area (Å²) >= 11 is 0. The topological polar surface area (TPSA) is 18.5 Å². The van der Waals surface area contributed by atoms with Gasteiger partial charge in [0, 0.05) is 24.7 Å². The van der Waals surface area contributed by atoms with Gasteiger partial charge in [-0.05, 0) is 58.8 Å². The number of hydrogen-bond donors (Lipinski definition) is 1. The van der Waals surface area contributed by atoms with Crippen molar-refractivity contribution < 1.29 is 0 Å². The Morgan fingerprint density at radius 1 is 1.11 bits per heavy atom. The van der Waals surface area contributed by atoms with E-state index in [2.05, 4.69) is 29.2 Å². The lowest BCUT2D eigenvalue weighted by atomic mass is 9.80. The summed E-state index contributed by atoms with van der Waals surface area (Å²) in [7, 11) is 4.57. The number of fused-ring (bicyclic) bond motifs is 2. The molecule has 1 saturated carbocycles. The molecule has 0 aromatic carbocycles. The quantitative estimate of drug-likeness (QED) is 0.838. The van der Waals surface area contributed by atoms with E-state index in [-0.39, 0.29) is 0 Å². The largest absolute Gasteiger partial charge is 0.312 e. The summed E-state index contributed by atoms with van der Waals surface area (Å²) < 4.78 is 0. The summed E-state index contributed by atoms with van der Waals surface area (Å²) in [4.78, 5) is 5.15. The van der Waals surface area contributed by atoms with E-state index >= 15 is 0 Å². The van der Waals surface area contributed by atoms with Gasteiger partial charge >= 0.3 is 0 Å². The molecular weight excluding hydrogens is 234 g/mol. The molecule has 0 aromatic rings. The monoisotopic (exact) mass is 265 g/mol. The van der Waals surface area contributed by atoms with E-state index in [0.717, 1.165) is 12.0 Å². The molecule has 0 spiro atoms. The first-order valence-electron chi connectivity index (χ1n) is 8.33. The minimum Gasteiger partial charge on any atom is -0.312 e. The zero-order valence-corrected chi connectivity index (χ0v) is 12.8. The number of rotatable bonds is 4. The van der Waals surface area contributed by atoms with Gasteiger partial charge in [-0.3, -0.25) is 0 Å². The van der Waals surface area contributed by atoms with Crippen molar-refractivity contribution in [3.05, 3.63) is 0 Å². The standard InChI is InChI=1S/C16H31N3/c1-18(2)16(8-4-3-5-9-16)13-17-15-7-11-19-10-6-14(15)12-19/h14-15,17H,3-13H2,1-2H3. The van der Waals surface area contributed by atoms with Crippen LogP contribution in [0.25, 0.3) is 0 Å². The van der Waals surface area contributed by atoms with Crippen LogP contribution in [0.15, 0.2) is 0 Å². The first-order valence-corrected chi connectivity index (χ1v) is 8.33. The Labute approximate surface area is 118 Å². The van der Waals surface area contributed by atoms with Gasteiger partial charge in [-0.1, -0.05) is 19.3 Å². The third-order valence-corrected chi connectivity index (χ3v) is 6.06. The van der Waals surface area contributed by atoms with E-state index in [9.17, 15) is 0 Å². The molecule has 3 fully saturated rings. The highest BCUT2D eigenvalue weighted by atomic mass is 15.2. The molecule has 0 radical (unpaired) electrons. The number of piperidine rings is 1. The molecule has 3 atom stereocenters. The number of nitrogens with zero attached hydrogens (tertiary/aromatic N) is 2. The van der Waals surface area contributed by atoms with Crippen LogP contribution in [0.3, 0.4) is 0 Å². The fourth-order valence-corrected chi connectivity index (χ4v) is 4.53. The van der Waals surface area contributed by atoms with Crippen molar-refractivity contribution in [2.45, 2.75) is 56.5 Å². The predicted octanol–water partition coefficient (Wildman–Crippen LogP) is 1.93. The second-order valence-corrected chi connectivity index (χ2v) is 7.30. The molecule has 3 rings (SSSR count). The van der Waals surface area contributed by atoms with Crippen LogP contribution in [-0.2, 0) is 0 Å². The fourth-order valence-electron chi connectivity index (χ4n) is 4.53. The molecule has 110 valence electrons. The van der Waals surface area contributed by atoms with Crippen molar-refractivity contribution in [1.29, 1.82) is 0 Å². The van der Waals surface area contributed by atoms with E-state index in [4.69, 9.17) is 0 Å². The van der Waals surface area contributed by atoms with E-state index in [1.54, 1.807) is 0 Å². The molecule has 0 aromatic heterocycles. The molecular formula is C16H31N3. The maximum atomic E-state index is 3.97. The molecule has 3 unspecified atom stereocenters. The van der Waals surface area contributed by atoms with Crippen molar-refractivity contribution in [2.75, 3.05) is 40.3 Å². The summed E-state index contributed by atoms with van der Waals surface area (Å²) in [6.07, 6.45) is 9.84. The van der Waals surface area contributed by atoms with Gasteiger partial charge in [-0.2, -0.15) is 0 Å². The first-order chi connectivity index (χ1) is 9.20. The SMILES string of the molecule is CN(C)C1(CNC2CCN3CCC2C3)CCCCC1. The van der Waals surface area contributed by atoms with E-state index in [1.807, 2.05) is 0 Å². The second kappa shape index (κ2) is 5.71. The summed E-state index contributed by atoms with van der Waals surface area (Å²) in [5.74, 6) is 0.927. The summed E-state index contributed by atoms with van der Waals surface area (Å²) in [6, 6.07) is 0.789. The molecule has 2 aliphatic heterocycles. The maximum absolute atomic E-state index is 3.97. The van der Waals surface area contributed by atoms with Crippen LogP contribution in [0, 0.1) is 5.92 Å². The van der Waals surface area contributed by atoms with Gasteiger partial charge in [-0.25, -0.2) is 0 Å². The highest BCUT2D eigenvalue weighted by Gasteiger charge is 2.38. The van der Waals surface area contributed by atoms with E-state index in [1.165, 1.54) is 71.1 Å². The minimum absolute atomic E-state index is 0.438. The molecule has 3 heteroatoms. The second-order valence-electron chi connectivity index (χ2n) is 7.30. The highest BCUT2D eigenvalue weighted by Crippen LogP contribution is 2.33. The Kier molecular flexibility index (Phi) is 4.16. The Morgan fingerprint density at radius 2 is 1.84 bits per heavy atom. The first kappa shape index (κ1) is 13.8. The van der Waals surface area contributed by atoms with Crippen LogP contribution in [0.1, 0.15) is 44.9 Å². The Hall–Kier alpha value is -0.120. The van der Waals surface area contributed by atoms with Crippen molar-refractivity contribution in [3.8, 4) is 0 Å². The van der Waals surface area contributed by atoms with Gasteiger partial charge in [0.25, 0.3) is 0 Å². The smallest absolute Gasteiger partial charge is 0.0327 e. The average Bonchev–Trinajstić information content (AvgIpc) is 2.81. The average molecular weight is 265 g/mol. The summed E-state index contributed by atoms with van der Waals surface area (Å²) in [5.41, 5.74) is 0.438. The lowest BCUT2D eigenvalue weighted by Gasteiger charge is -2.45. The van der Waals surface area contributed by atoms with Crippen molar-refractivity contribution in [1.82, 2.24) is 15.1 Å². The normalized spacial score (nSPS) is 37.7. The molecule has 2 saturated heterocycles. The van der Waals surface area contributed by atoms with Gasteiger partial charge in [0.05, 0.1) is 0 Å². The third-order valence-electron chi connectivity index (χ3n) is 6.06. The van der Waals surface area contributed by atoms with E-state index in [0.29, 0.717) is 5.54 Å². The lowest BCUT2D eigenvalue weighted by molar-refractivity contribution is 0.0880. The van der Waals surface area contributed by atoms with Crippen LogP contribution >= 0.6 is 0 Å². The molecule has 3 aliphatic rings. The zero-order chi connectivity index (χ0) is 13.3. The van der Waals surface area contributed by atoms with Crippen LogP contribution in [0.2, 0.25) is 0 Å². The van der Waals surface area contributed by atoms with Gasteiger partial charge in [0.2, 0.25) is 0 Å². The number of hydrogen-bond acceptors (Lipinski definition) is 3. The van der Waals surface area contributed by atoms with Crippen LogP contribution in [0.5, 0.6) is 0 Å². The van der Waals surface area contributed by atoms with Crippen molar-refractivity contribution >= 4 is 0 Å². The molecule has 2 bridgehead atoms. The Morgan fingerprint density at radius 3 is 2.58 bits per heavy atom. The minimum atomic E-state index is 0.438. The lowest BCUT2D eigenvalue weighted by Crippen LogP contribution is -2.56. The number of likely N-dealkylation sites (N-methyl/N-ethyl adjacent to an activating group) is 1. The zero-order valence-electron chi connectivity index (χ0n) is 12.8. The Bertz CT molecular complexity index is 296.